The Hall–Kier alpha value is -1.40. The lowest BCUT2D eigenvalue weighted by molar-refractivity contribution is -0.135. The third-order valence-corrected chi connectivity index (χ3v) is 4.73. The van der Waals surface area contributed by atoms with Gasteiger partial charge in [-0.2, -0.15) is 5.10 Å². The minimum Gasteiger partial charge on any atom is -0.339 e. The van der Waals surface area contributed by atoms with E-state index >= 15 is 0 Å². The van der Waals surface area contributed by atoms with Crippen LogP contribution in [0.4, 0.5) is 0 Å². The predicted molar refractivity (Wildman–Crippen MR) is 87.4 cm³/mol. The second kappa shape index (κ2) is 6.79. The molecule has 2 N–H and O–H groups in total. The third kappa shape index (κ3) is 3.50. The van der Waals surface area contributed by atoms with Crippen molar-refractivity contribution in [2.75, 3.05) is 26.2 Å². The van der Waals surface area contributed by atoms with Crippen LogP contribution in [0.25, 0.3) is 0 Å². The van der Waals surface area contributed by atoms with Crippen LogP contribution in [0.15, 0.2) is 0 Å². The second-order valence-corrected chi connectivity index (χ2v) is 6.64. The van der Waals surface area contributed by atoms with Crippen LogP contribution in [0.5, 0.6) is 0 Å². The highest BCUT2D eigenvalue weighted by Gasteiger charge is 2.27. The van der Waals surface area contributed by atoms with E-state index in [0.717, 1.165) is 38.4 Å². The fourth-order valence-electron chi connectivity index (χ4n) is 2.89. The molecule has 1 atom stereocenters. The highest BCUT2D eigenvalue weighted by Crippen LogP contribution is 2.16. The van der Waals surface area contributed by atoms with Gasteiger partial charge in [-0.25, -0.2) is 0 Å². The highest BCUT2D eigenvalue weighted by atomic mass is 16.2. The molecule has 1 aliphatic heterocycles. The summed E-state index contributed by atoms with van der Waals surface area (Å²) < 4.78 is 1.94. The Morgan fingerprint density at radius 3 is 2.27 bits per heavy atom. The number of aromatic nitrogens is 2. The number of hydrogen-bond acceptors (Lipinski definition) is 4. The van der Waals surface area contributed by atoms with E-state index in [1.54, 1.807) is 0 Å². The molecule has 0 aliphatic carbocycles. The highest BCUT2D eigenvalue weighted by molar-refractivity contribution is 5.82. The number of amides is 1. The first-order chi connectivity index (χ1) is 10.3. The zero-order valence-electron chi connectivity index (χ0n) is 14.5. The van der Waals surface area contributed by atoms with Crippen LogP contribution >= 0.6 is 0 Å². The topological polar surface area (TPSA) is 67.4 Å². The molecule has 1 saturated heterocycles. The van der Waals surface area contributed by atoms with Crippen molar-refractivity contribution in [3.8, 4) is 0 Å². The molecule has 2 rings (SSSR count). The molecule has 2 heterocycles. The van der Waals surface area contributed by atoms with Crippen molar-refractivity contribution >= 4 is 5.91 Å². The molecule has 1 fully saturated rings. The zero-order valence-corrected chi connectivity index (χ0v) is 14.5. The van der Waals surface area contributed by atoms with Crippen LogP contribution in [0.2, 0.25) is 0 Å². The molecule has 0 radical (unpaired) electrons. The van der Waals surface area contributed by atoms with Crippen LogP contribution in [0, 0.1) is 19.8 Å². The van der Waals surface area contributed by atoms with E-state index in [-0.39, 0.29) is 17.9 Å². The summed E-state index contributed by atoms with van der Waals surface area (Å²) in [7, 11) is 1.98. The summed E-state index contributed by atoms with van der Waals surface area (Å²) in [5.41, 5.74) is 9.60. The van der Waals surface area contributed by atoms with Crippen LogP contribution < -0.4 is 5.73 Å². The minimum absolute atomic E-state index is 0.0865. The Morgan fingerprint density at radius 2 is 1.82 bits per heavy atom. The smallest absolute Gasteiger partial charge is 0.239 e. The molecule has 1 aliphatic rings. The summed E-state index contributed by atoms with van der Waals surface area (Å²) in [4.78, 5) is 16.6. The molecule has 6 heteroatoms. The van der Waals surface area contributed by atoms with Gasteiger partial charge in [0.1, 0.15) is 0 Å². The van der Waals surface area contributed by atoms with Gasteiger partial charge in [-0.3, -0.25) is 14.4 Å². The van der Waals surface area contributed by atoms with E-state index in [9.17, 15) is 4.79 Å². The van der Waals surface area contributed by atoms with Gasteiger partial charge in [0.25, 0.3) is 0 Å². The number of nitrogens with zero attached hydrogens (tertiary/aromatic N) is 4. The van der Waals surface area contributed by atoms with Crippen molar-refractivity contribution in [1.82, 2.24) is 19.6 Å². The molecule has 0 spiro atoms. The fourth-order valence-corrected chi connectivity index (χ4v) is 2.89. The SMILES string of the molecule is Cc1nn(C)c(C)c1CN1CCN(C(=O)[C@@H](N)C(C)C)CC1. The minimum atomic E-state index is -0.380. The fraction of sp³-hybridized carbons (Fsp3) is 0.750. The van der Waals surface area contributed by atoms with Gasteiger partial charge in [-0.05, 0) is 19.8 Å². The lowest BCUT2D eigenvalue weighted by atomic mass is 10.0. The van der Waals surface area contributed by atoms with E-state index in [0.29, 0.717) is 0 Å². The maximum Gasteiger partial charge on any atom is 0.239 e. The number of carbonyl (C=O) groups is 1. The Labute approximate surface area is 133 Å². The van der Waals surface area contributed by atoms with Gasteiger partial charge >= 0.3 is 0 Å². The lowest BCUT2D eigenvalue weighted by Crippen LogP contribution is -2.54. The van der Waals surface area contributed by atoms with Gasteiger partial charge in [0.05, 0.1) is 11.7 Å². The van der Waals surface area contributed by atoms with Gasteiger partial charge in [0, 0.05) is 51.0 Å². The van der Waals surface area contributed by atoms with Gasteiger partial charge < -0.3 is 10.6 Å². The summed E-state index contributed by atoms with van der Waals surface area (Å²) in [6.45, 7) is 12.4. The first-order valence-corrected chi connectivity index (χ1v) is 8.07. The predicted octanol–water partition coefficient (Wildman–Crippen LogP) is 0.664. The molecule has 1 aromatic heterocycles. The number of nitrogens with two attached hydrogens (primary N) is 1. The monoisotopic (exact) mass is 307 g/mol. The number of rotatable bonds is 4. The van der Waals surface area contributed by atoms with E-state index in [1.165, 1.54) is 11.3 Å². The van der Waals surface area contributed by atoms with E-state index < -0.39 is 0 Å². The maximum atomic E-state index is 12.3. The normalized spacial score (nSPS) is 18.0. The summed E-state index contributed by atoms with van der Waals surface area (Å²) in [5, 5.41) is 4.47. The number of piperazine rings is 1. The zero-order chi connectivity index (χ0) is 16.4. The molecule has 124 valence electrons. The van der Waals surface area contributed by atoms with Gasteiger partial charge in [0.2, 0.25) is 5.91 Å². The van der Waals surface area contributed by atoms with Gasteiger partial charge in [-0.15, -0.1) is 0 Å². The lowest BCUT2D eigenvalue weighted by Gasteiger charge is -2.36. The Balaban J connectivity index is 1.91. The van der Waals surface area contributed by atoms with E-state index in [2.05, 4.69) is 23.8 Å². The van der Waals surface area contributed by atoms with Crippen LogP contribution in [-0.4, -0.2) is 57.7 Å². The molecule has 22 heavy (non-hydrogen) atoms. The molecule has 1 amide bonds. The Bertz CT molecular complexity index is 529. The van der Waals surface area contributed by atoms with E-state index in [1.807, 2.05) is 30.5 Å². The van der Waals surface area contributed by atoms with Crippen LogP contribution in [0.1, 0.15) is 30.8 Å². The van der Waals surface area contributed by atoms with Crippen molar-refractivity contribution in [2.45, 2.75) is 40.3 Å². The average Bonchev–Trinajstić information content (AvgIpc) is 2.73. The van der Waals surface area contributed by atoms with Crippen molar-refractivity contribution in [3.63, 3.8) is 0 Å². The van der Waals surface area contributed by atoms with Crippen molar-refractivity contribution in [2.24, 2.45) is 18.7 Å². The number of hydrogen-bond donors (Lipinski definition) is 1. The Morgan fingerprint density at radius 1 is 1.23 bits per heavy atom. The quantitative estimate of drug-likeness (QED) is 0.887. The molecule has 1 aromatic rings. The summed E-state index contributed by atoms with van der Waals surface area (Å²) in [5.74, 6) is 0.273. The Kier molecular flexibility index (Phi) is 5.24. The summed E-state index contributed by atoms with van der Waals surface area (Å²) in [6, 6.07) is -0.380. The second-order valence-electron chi connectivity index (χ2n) is 6.64. The van der Waals surface area contributed by atoms with Crippen LogP contribution in [-0.2, 0) is 18.4 Å². The first-order valence-electron chi connectivity index (χ1n) is 8.07. The molecule has 0 bridgehead atoms. The van der Waals surface area contributed by atoms with Gasteiger partial charge in [-0.1, -0.05) is 13.8 Å². The van der Waals surface area contributed by atoms with Crippen molar-refractivity contribution in [1.29, 1.82) is 0 Å². The first kappa shape index (κ1) is 17.0. The van der Waals surface area contributed by atoms with E-state index in [4.69, 9.17) is 5.73 Å². The number of aryl methyl sites for hydroxylation is 2. The summed E-state index contributed by atoms with van der Waals surface area (Å²) in [6.07, 6.45) is 0. The number of carbonyl (C=O) groups excluding carboxylic acids is 1. The standard InChI is InChI=1S/C16H29N5O/c1-11(2)15(17)16(22)21-8-6-20(7-9-21)10-14-12(3)18-19(5)13(14)4/h11,15H,6-10,17H2,1-5H3/t15-/m0/s1. The average molecular weight is 307 g/mol. The third-order valence-electron chi connectivity index (χ3n) is 4.73. The molecular weight excluding hydrogens is 278 g/mol. The van der Waals surface area contributed by atoms with Crippen LogP contribution in [0.3, 0.4) is 0 Å². The maximum absolute atomic E-state index is 12.3. The molecule has 6 nitrogen and oxygen atoms in total. The van der Waals surface area contributed by atoms with Gasteiger partial charge in [0.15, 0.2) is 0 Å². The molecule has 0 unspecified atom stereocenters. The van der Waals surface area contributed by atoms with Crippen molar-refractivity contribution in [3.05, 3.63) is 17.0 Å². The molecular formula is C16H29N5O. The van der Waals surface area contributed by atoms with Crippen molar-refractivity contribution < 1.29 is 4.79 Å². The largest absolute Gasteiger partial charge is 0.339 e. The summed E-state index contributed by atoms with van der Waals surface area (Å²) >= 11 is 0. The molecule has 0 aromatic carbocycles. The molecule has 0 saturated carbocycles.